The van der Waals surface area contributed by atoms with Gasteiger partial charge < -0.3 is 15.3 Å². The molecule has 3 N–H and O–H groups in total. The fourth-order valence-electron chi connectivity index (χ4n) is 3.61. The molecule has 1 aliphatic rings. The average Bonchev–Trinajstić information content (AvgIpc) is 2.82. The molecule has 27 heavy (non-hydrogen) atoms. The van der Waals surface area contributed by atoms with E-state index in [1.807, 2.05) is 25.2 Å². The zero-order chi connectivity index (χ0) is 20.4. The van der Waals surface area contributed by atoms with Gasteiger partial charge in [0.05, 0.1) is 11.7 Å². The fourth-order valence-corrected chi connectivity index (χ4v) is 3.61. The highest BCUT2D eigenvalue weighted by atomic mass is 16.4. The quantitative estimate of drug-likeness (QED) is 0.353. The Morgan fingerprint density at radius 3 is 2.67 bits per heavy atom. The number of Topliss-reactive ketones (excluding diaryl/α,β-unsaturated/α-hetero) is 1. The molecule has 0 radical (unpaired) electrons. The first-order valence-corrected chi connectivity index (χ1v) is 10.2. The lowest BCUT2D eigenvalue weighted by Gasteiger charge is -2.22. The van der Waals surface area contributed by atoms with Gasteiger partial charge in [0.15, 0.2) is 0 Å². The molecule has 0 heterocycles. The minimum atomic E-state index is -0.923. The van der Waals surface area contributed by atoms with Crippen molar-refractivity contribution in [2.75, 3.05) is 0 Å². The standard InChI is InChI=1S/C22H36O5/c1-4-5-8-12-22(3,27)13-11-18-17(19(23)15-20(18)24)10-7-6-9-16(2)14-21(25)26/h6-7,11,13,16-18,20,24,27H,4-5,8-10,12,14-15H2,1-3H3,(H,25,26)/b7-6-,13-11+/t16?,17-,18-,20-,22-/m1/s1. The molecule has 1 aliphatic carbocycles. The first-order chi connectivity index (χ1) is 12.7. The summed E-state index contributed by atoms with van der Waals surface area (Å²) in [5, 5.41) is 29.5. The van der Waals surface area contributed by atoms with E-state index in [2.05, 4.69) is 6.92 Å². The molecule has 0 aromatic carbocycles. The van der Waals surface area contributed by atoms with Crippen molar-refractivity contribution in [3.8, 4) is 0 Å². The molecule has 1 saturated carbocycles. The predicted molar refractivity (Wildman–Crippen MR) is 106 cm³/mol. The third-order valence-electron chi connectivity index (χ3n) is 5.31. The summed E-state index contributed by atoms with van der Waals surface area (Å²) in [5.41, 5.74) is -0.923. The summed E-state index contributed by atoms with van der Waals surface area (Å²) in [6.45, 7) is 5.77. The molecule has 1 unspecified atom stereocenters. The van der Waals surface area contributed by atoms with Crippen molar-refractivity contribution in [2.45, 2.75) is 83.8 Å². The van der Waals surface area contributed by atoms with Crippen LogP contribution in [-0.2, 0) is 9.59 Å². The molecule has 5 nitrogen and oxygen atoms in total. The second-order valence-electron chi connectivity index (χ2n) is 8.24. The molecule has 0 amide bonds. The number of carboxylic acids is 1. The topological polar surface area (TPSA) is 94.8 Å². The highest BCUT2D eigenvalue weighted by Crippen LogP contribution is 2.34. The summed E-state index contributed by atoms with van der Waals surface area (Å²) >= 11 is 0. The normalized spacial score (nSPS) is 26.7. The molecule has 1 rings (SSSR count). The van der Waals surface area contributed by atoms with Crippen LogP contribution in [0.4, 0.5) is 0 Å². The maximum absolute atomic E-state index is 12.2. The number of hydrogen-bond donors (Lipinski definition) is 3. The maximum Gasteiger partial charge on any atom is 0.303 e. The molecule has 0 aliphatic heterocycles. The average molecular weight is 381 g/mol. The molecule has 0 aromatic rings. The zero-order valence-corrected chi connectivity index (χ0v) is 16.9. The van der Waals surface area contributed by atoms with Crippen molar-refractivity contribution in [1.82, 2.24) is 0 Å². The van der Waals surface area contributed by atoms with Crippen molar-refractivity contribution in [3.63, 3.8) is 0 Å². The summed E-state index contributed by atoms with van der Waals surface area (Å²) in [4.78, 5) is 22.9. The minimum Gasteiger partial charge on any atom is -0.481 e. The van der Waals surface area contributed by atoms with Crippen LogP contribution in [0.3, 0.4) is 0 Å². The van der Waals surface area contributed by atoms with Crippen molar-refractivity contribution in [3.05, 3.63) is 24.3 Å². The van der Waals surface area contributed by atoms with Gasteiger partial charge >= 0.3 is 5.97 Å². The minimum absolute atomic E-state index is 0.0472. The number of carbonyl (C=O) groups is 2. The van der Waals surface area contributed by atoms with E-state index in [0.29, 0.717) is 19.3 Å². The summed E-state index contributed by atoms with van der Waals surface area (Å²) in [7, 11) is 0. The van der Waals surface area contributed by atoms with E-state index in [-0.39, 0.29) is 36.4 Å². The number of hydrogen-bond acceptors (Lipinski definition) is 4. The van der Waals surface area contributed by atoms with Gasteiger partial charge in [0.25, 0.3) is 0 Å². The van der Waals surface area contributed by atoms with Gasteiger partial charge in [0.2, 0.25) is 0 Å². The predicted octanol–water partition coefficient (Wildman–Crippen LogP) is 3.89. The summed E-state index contributed by atoms with van der Waals surface area (Å²) in [5.74, 6) is -1.27. The van der Waals surface area contributed by atoms with Gasteiger partial charge in [0.1, 0.15) is 5.78 Å². The van der Waals surface area contributed by atoms with Crippen molar-refractivity contribution in [1.29, 1.82) is 0 Å². The number of allylic oxidation sites excluding steroid dienone is 2. The van der Waals surface area contributed by atoms with Gasteiger partial charge in [-0.05, 0) is 32.1 Å². The van der Waals surface area contributed by atoms with Crippen molar-refractivity contribution >= 4 is 11.8 Å². The monoisotopic (exact) mass is 380 g/mol. The Morgan fingerprint density at radius 2 is 2.04 bits per heavy atom. The van der Waals surface area contributed by atoms with E-state index in [0.717, 1.165) is 19.3 Å². The number of rotatable bonds is 12. The van der Waals surface area contributed by atoms with E-state index < -0.39 is 17.7 Å². The van der Waals surface area contributed by atoms with E-state index in [1.165, 1.54) is 0 Å². The Balaban J connectivity index is 2.62. The number of aliphatic hydroxyl groups is 2. The maximum atomic E-state index is 12.2. The van der Waals surface area contributed by atoms with Crippen LogP contribution >= 0.6 is 0 Å². The van der Waals surface area contributed by atoms with Crippen LogP contribution in [0.25, 0.3) is 0 Å². The number of aliphatic hydroxyl groups excluding tert-OH is 1. The summed E-state index contributed by atoms with van der Waals surface area (Å²) < 4.78 is 0. The van der Waals surface area contributed by atoms with Crippen LogP contribution in [0.5, 0.6) is 0 Å². The summed E-state index contributed by atoms with van der Waals surface area (Å²) in [6.07, 6.45) is 11.9. The smallest absolute Gasteiger partial charge is 0.303 e. The Labute approximate surface area is 163 Å². The van der Waals surface area contributed by atoms with Crippen molar-refractivity contribution in [2.24, 2.45) is 17.8 Å². The second-order valence-corrected chi connectivity index (χ2v) is 8.24. The lowest BCUT2D eigenvalue weighted by atomic mass is 9.88. The van der Waals surface area contributed by atoms with Gasteiger partial charge in [-0.25, -0.2) is 0 Å². The Bertz CT molecular complexity index is 535. The van der Waals surface area contributed by atoms with Gasteiger partial charge in [-0.2, -0.15) is 0 Å². The number of unbranched alkanes of at least 4 members (excludes halogenated alkanes) is 2. The Morgan fingerprint density at radius 1 is 1.33 bits per heavy atom. The van der Waals surface area contributed by atoms with Gasteiger partial charge in [-0.1, -0.05) is 57.4 Å². The number of carbonyl (C=O) groups excluding carboxylic acids is 1. The fraction of sp³-hybridized carbons (Fsp3) is 0.727. The SMILES string of the molecule is CCCCC[C@@](C)(O)/C=C/[C@H]1[C@H](O)CC(=O)[C@@H]1C/C=C\CC(C)CC(=O)O. The lowest BCUT2D eigenvalue weighted by Crippen LogP contribution is -2.23. The molecule has 0 saturated heterocycles. The van der Waals surface area contributed by atoms with Gasteiger partial charge in [0, 0.05) is 24.7 Å². The van der Waals surface area contributed by atoms with Crippen LogP contribution in [0, 0.1) is 17.8 Å². The number of carboxylic acid groups (broad SMARTS) is 1. The highest BCUT2D eigenvalue weighted by Gasteiger charge is 2.39. The second kappa shape index (κ2) is 11.4. The first kappa shape index (κ1) is 23.6. The van der Waals surface area contributed by atoms with Crippen LogP contribution in [0.2, 0.25) is 0 Å². The third-order valence-corrected chi connectivity index (χ3v) is 5.31. The molecule has 0 bridgehead atoms. The largest absolute Gasteiger partial charge is 0.481 e. The Kier molecular flexibility index (Phi) is 9.95. The molecule has 0 spiro atoms. The van der Waals surface area contributed by atoms with E-state index in [9.17, 15) is 19.8 Å². The molecule has 5 atom stereocenters. The van der Waals surface area contributed by atoms with E-state index in [1.54, 1.807) is 13.0 Å². The molecule has 154 valence electrons. The number of ketones is 1. The van der Waals surface area contributed by atoms with Crippen LogP contribution in [-0.4, -0.2) is 38.8 Å². The molecule has 5 heteroatoms. The third kappa shape index (κ3) is 8.85. The van der Waals surface area contributed by atoms with E-state index in [4.69, 9.17) is 5.11 Å². The lowest BCUT2D eigenvalue weighted by molar-refractivity contribution is -0.137. The van der Waals surface area contributed by atoms with Gasteiger partial charge in [-0.15, -0.1) is 0 Å². The first-order valence-electron chi connectivity index (χ1n) is 10.2. The van der Waals surface area contributed by atoms with Gasteiger partial charge in [-0.3, -0.25) is 9.59 Å². The van der Waals surface area contributed by atoms with Crippen molar-refractivity contribution < 1.29 is 24.9 Å². The van der Waals surface area contributed by atoms with Crippen LogP contribution in [0.15, 0.2) is 24.3 Å². The number of aliphatic carboxylic acids is 1. The molecular formula is C22H36O5. The molecule has 0 aromatic heterocycles. The molecule has 1 fully saturated rings. The highest BCUT2D eigenvalue weighted by molar-refractivity contribution is 5.84. The Hall–Kier alpha value is -1.46. The summed E-state index contributed by atoms with van der Waals surface area (Å²) in [6, 6.07) is 0. The molecular weight excluding hydrogens is 344 g/mol. The van der Waals surface area contributed by atoms with Crippen LogP contribution < -0.4 is 0 Å². The van der Waals surface area contributed by atoms with Crippen LogP contribution in [0.1, 0.15) is 72.1 Å². The zero-order valence-electron chi connectivity index (χ0n) is 16.9. The van der Waals surface area contributed by atoms with E-state index >= 15 is 0 Å².